The lowest BCUT2D eigenvalue weighted by molar-refractivity contribution is -0.146. The summed E-state index contributed by atoms with van der Waals surface area (Å²) in [6.07, 6.45) is 2.18. The second kappa shape index (κ2) is 11.4. The molecular formula is C32H28Cl2N4O4. The molecule has 1 aliphatic rings. The maximum absolute atomic E-state index is 12.5. The summed E-state index contributed by atoms with van der Waals surface area (Å²) in [5, 5.41) is 24.8. The molecule has 6 rings (SSSR count). The third-order valence-electron chi connectivity index (χ3n) is 7.73. The van der Waals surface area contributed by atoms with Crippen molar-refractivity contribution >= 4 is 29.2 Å². The predicted molar refractivity (Wildman–Crippen MR) is 159 cm³/mol. The Balaban J connectivity index is 1.21. The Morgan fingerprint density at radius 3 is 2.26 bits per heavy atom. The molecule has 1 N–H and O–H groups in total. The Hall–Kier alpha value is -3.98. The van der Waals surface area contributed by atoms with Gasteiger partial charge in [0.05, 0.1) is 36.0 Å². The minimum atomic E-state index is -1.11. The SMILES string of the molecule is CCOC(=O)C1(c2ccc(-c3ccc(-c4onc(C)c4C(O)c4cn(Cc5c(Cl)cccc5Cl)nn4)cc3)cc2)CC1. The van der Waals surface area contributed by atoms with Gasteiger partial charge in [-0.25, -0.2) is 4.68 Å². The molecule has 1 atom stereocenters. The summed E-state index contributed by atoms with van der Waals surface area (Å²) >= 11 is 12.6. The van der Waals surface area contributed by atoms with E-state index in [0.29, 0.717) is 45.9 Å². The Labute approximate surface area is 252 Å². The van der Waals surface area contributed by atoms with Gasteiger partial charge in [0.2, 0.25) is 0 Å². The van der Waals surface area contributed by atoms with E-state index in [2.05, 4.69) is 15.5 Å². The van der Waals surface area contributed by atoms with Crippen LogP contribution in [0.5, 0.6) is 0 Å². The molecule has 0 saturated heterocycles. The van der Waals surface area contributed by atoms with Gasteiger partial charge in [-0.15, -0.1) is 5.10 Å². The molecule has 0 spiro atoms. The molecule has 1 saturated carbocycles. The molecule has 2 heterocycles. The lowest BCUT2D eigenvalue weighted by Gasteiger charge is -2.14. The average molecular weight is 604 g/mol. The van der Waals surface area contributed by atoms with Crippen molar-refractivity contribution in [1.29, 1.82) is 0 Å². The molecule has 0 bridgehead atoms. The third-order valence-corrected chi connectivity index (χ3v) is 8.44. The number of halogens is 2. The highest BCUT2D eigenvalue weighted by atomic mass is 35.5. The van der Waals surface area contributed by atoms with Crippen LogP contribution in [0.1, 0.15) is 53.9 Å². The molecule has 1 fully saturated rings. The highest BCUT2D eigenvalue weighted by Crippen LogP contribution is 2.49. The van der Waals surface area contributed by atoms with E-state index in [-0.39, 0.29) is 5.97 Å². The molecule has 0 aliphatic heterocycles. The van der Waals surface area contributed by atoms with Gasteiger partial charge in [0.15, 0.2) is 5.76 Å². The van der Waals surface area contributed by atoms with Gasteiger partial charge in [-0.1, -0.05) is 88.2 Å². The van der Waals surface area contributed by atoms with E-state index in [1.54, 1.807) is 36.0 Å². The van der Waals surface area contributed by atoms with Gasteiger partial charge >= 0.3 is 5.97 Å². The van der Waals surface area contributed by atoms with Crippen LogP contribution in [-0.2, 0) is 21.5 Å². The van der Waals surface area contributed by atoms with Crippen LogP contribution in [0.25, 0.3) is 22.5 Å². The number of aromatic nitrogens is 4. The number of aliphatic hydroxyl groups is 1. The van der Waals surface area contributed by atoms with Gasteiger partial charge < -0.3 is 14.4 Å². The molecule has 2 aromatic heterocycles. The minimum absolute atomic E-state index is 0.144. The predicted octanol–water partition coefficient (Wildman–Crippen LogP) is 6.94. The number of hydrogen-bond acceptors (Lipinski definition) is 7. The number of benzene rings is 3. The standard InChI is InChI=1S/C32H28Cl2N4O4/c1-3-41-31(40)32(15-16-32)23-13-11-21(12-14-23)20-7-9-22(10-8-20)30-28(19(2)36-42-30)29(39)27-18-38(37-35-27)17-24-25(33)5-4-6-26(24)34/h4-14,18,29,39H,3,15-17H2,1-2H3. The van der Waals surface area contributed by atoms with Gasteiger partial charge in [0.1, 0.15) is 11.8 Å². The molecule has 0 amide bonds. The Morgan fingerprint density at radius 2 is 1.64 bits per heavy atom. The first-order valence-electron chi connectivity index (χ1n) is 13.7. The number of aryl methyl sites for hydroxylation is 1. The lowest BCUT2D eigenvalue weighted by atomic mass is 9.93. The number of hydrogen-bond donors (Lipinski definition) is 1. The van der Waals surface area contributed by atoms with E-state index in [1.807, 2.05) is 55.5 Å². The number of carbonyl (C=O) groups is 1. The quantitative estimate of drug-likeness (QED) is 0.182. The van der Waals surface area contributed by atoms with Gasteiger partial charge in [-0.05, 0) is 55.5 Å². The van der Waals surface area contributed by atoms with Gasteiger partial charge in [-0.2, -0.15) is 0 Å². The van der Waals surface area contributed by atoms with Crippen LogP contribution in [-0.4, -0.2) is 37.8 Å². The zero-order chi connectivity index (χ0) is 29.4. The zero-order valence-electron chi connectivity index (χ0n) is 23.1. The fourth-order valence-electron chi connectivity index (χ4n) is 5.22. The summed E-state index contributed by atoms with van der Waals surface area (Å²) in [7, 11) is 0. The van der Waals surface area contributed by atoms with Crippen LogP contribution in [0.2, 0.25) is 10.0 Å². The van der Waals surface area contributed by atoms with Crippen LogP contribution in [0, 0.1) is 6.92 Å². The minimum Gasteiger partial charge on any atom is -0.465 e. The smallest absolute Gasteiger partial charge is 0.316 e. The van der Waals surface area contributed by atoms with E-state index in [1.165, 1.54) is 0 Å². The fraction of sp³-hybridized carbons (Fsp3) is 0.250. The first kappa shape index (κ1) is 28.2. The van der Waals surface area contributed by atoms with Crippen LogP contribution in [0.15, 0.2) is 77.4 Å². The molecule has 1 aliphatic carbocycles. The number of ether oxygens (including phenoxy) is 1. The Bertz CT molecular complexity index is 1720. The normalized spacial score (nSPS) is 14.5. The molecular weight excluding hydrogens is 575 g/mol. The van der Waals surface area contributed by atoms with Gasteiger partial charge in [0.25, 0.3) is 0 Å². The first-order chi connectivity index (χ1) is 20.3. The molecule has 5 aromatic rings. The van der Waals surface area contributed by atoms with Crippen molar-refractivity contribution in [2.24, 2.45) is 0 Å². The van der Waals surface area contributed by atoms with Crippen molar-refractivity contribution in [2.45, 2.75) is 44.8 Å². The summed E-state index contributed by atoms with van der Waals surface area (Å²) in [5.74, 6) is 0.311. The summed E-state index contributed by atoms with van der Waals surface area (Å²) < 4.78 is 12.5. The largest absolute Gasteiger partial charge is 0.465 e. The molecule has 0 radical (unpaired) electrons. The van der Waals surface area contributed by atoms with E-state index in [0.717, 1.165) is 40.7 Å². The van der Waals surface area contributed by atoms with Crippen molar-refractivity contribution in [2.75, 3.05) is 6.61 Å². The van der Waals surface area contributed by atoms with Crippen molar-refractivity contribution in [3.05, 3.63) is 111 Å². The van der Waals surface area contributed by atoms with Crippen LogP contribution < -0.4 is 0 Å². The molecule has 8 nitrogen and oxygen atoms in total. The topological polar surface area (TPSA) is 103 Å². The maximum Gasteiger partial charge on any atom is 0.316 e. The van der Waals surface area contributed by atoms with E-state index in [9.17, 15) is 9.90 Å². The Kier molecular flexibility index (Phi) is 7.62. The van der Waals surface area contributed by atoms with Crippen molar-refractivity contribution in [3.63, 3.8) is 0 Å². The number of rotatable bonds is 9. The average Bonchev–Trinajstić information content (AvgIpc) is 3.53. The number of carbonyl (C=O) groups excluding carboxylic acids is 1. The lowest BCUT2D eigenvalue weighted by Crippen LogP contribution is -2.23. The number of nitrogens with zero attached hydrogens (tertiary/aromatic N) is 4. The maximum atomic E-state index is 12.5. The van der Waals surface area contributed by atoms with E-state index in [4.69, 9.17) is 32.5 Å². The van der Waals surface area contributed by atoms with Gasteiger partial charge in [0, 0.05) is 21.2 Å². The Morgan fingerprint density at radius 1 is 1.02 bits per heavy atom. The summed E-state index contributed by atoms with van der Waals surface area (Å²) in [6.45, 7) is 4.29. The van der Waals surface area contributed by atoms with Crippen LogP contribution >= 0.6 is 23.2 Å². The van der Waals surface area contributed by atoms with Crippen molar-refractivity contribution < 1.29 is 19.2 Å². The van der Waals surface area contributed by atoms with Crippen LogP contribution in [0.3, 0.4) is 0 Å². The second-order valence-corrected chi connectivity index (χ2v) is 11.2. The van der Waals surface area contributed by atoms with Crippen molar-refractivity contribution in [3.8, 4) is 22.5 Å². The second-order valence-electron chi connectivity index (χ2n) is 10.4. The molecule has 1 unspecified atom stereocenters. The molecule has 42 heavy (non-hydrogen) atoms. The monoisotopic (exact) mass is 602 g/mol. The van der Waals surface area contributed by atoms with Crippen LogP contribution in [0.4, 0.5) is 0 Å². The number of esters is 1. The molecule has 214 valence electrons. The number of aliphatic hydroxyl groups excluding tert-OH is 1. The summed E-state index contributed by atoms with van der Waals surface area (Å²) in [6, 6.07) is 21.2. The van der Waals surface area contributed by atoms with Gasteiger partial charge in [-0.3, -0.25) is 4.79 Å². The zero-order valence-corrected chi connectivity index (χ0v) is 24.6. The fourth-order valence-corrected chi connectivity index (χ4v) is 5.73. The van der Waals surface area contributed by atoms with E-state index >= 15 is 0 Å². The first-order valence-corrected chi connectivity index (χ1v) is 14.4. The summed E-state index contributed by atoms with van der Waals surface area (Å²) in [4.78, 5) is 12.5. The summed E-state index contributed by atoms with van der Waals surface area (Å²) in [5.41, 5.74) is 5.42. The highest BCUT2D eigenvalue weighted by Gasteiger charge is 2.52. The highest BCUT2D eigenvalue weighted by molar-refractivity contribution is 6.35. The molecule has 10 heteroatoms. The van der Waals surface area contributed by atoms with E-state index < -0.39 is 11.5 Å². The van der Waals surface area contributed by atoms with Crippen molar-refractivity contribution in [1.82, 2.24) is 20.2 Å². The third kappa shape index (κ3) is 5.22. The molecule has 3 aromatic carbocycles.